The summed E-state index contributed by atoms with van der Waals surface area (Å²) in [4.78, 5) is 12.3. The molecule has 0 aliphatic carbocycles. The first kappa shape index (κ1) is 26.6. The normalized spacial score (nSPS) is 12.3. The van der Waals surface area contributed by atoms with Gasteiger partial charge in [-0.2, -0.15) is 27.1 Å². The van der Waals surface area contributed by atoms with E-state index in [2.05, 4.69) is 9.84 Å². The number of nitrogens with zero attached hydrogens (tertiary/aromatic N) is 2. The third-order valence-corrected chi connectivity index (χ3v) is 5.10. The first-order chi connectivity index (χ1) is 15.3. The summed E-state index contributed by atoms with van der Waals surface area (Å²) in [5, 5.41) is 4.25. The Morgan fingerprint density at radius 2 is 1.88 bits per heavy atom. The largest absolute Gasteiger partial charge is 0.461 e. The molecule has 0 unspecified atom stereocenters. The van der Waals surface area contributed by atoms with E-state index in [1.165, 1.54) is 23.9 Å². The lowest BCUT2D eigenvalue weighted by molar-refractivity contribution is -0.211. The molecule has 0 spiro atoms. The Balaban J connectivity index is 2.63. The van der Waals surface area contributed by atoms with Gasteiger partial charge in [0.2, 0.25) is 0 Å². The number of ether oxygens (including phenoxy) is 3. The summed E-state index contributed by atoms with van der Waals surface area (Å²) in [5.41, 5.74) is -1.11. The maximum atomic E-state index is 13.3. The lowest BCUT2D eigenvalue weighted by atomic mass is 9.84. The summed E-state index contributed by atoms with van der Waals surface area (Å²) in [6, 6.07) is 3.96. The van der Waals surface area contributed by atoms with E-state index in [-0.39, 0.29) is 42.3 Å². The molecule has 0 saturated carbocycles. The van der Waals surface area contributed by atoms with E-state index >= 15 is 0 Å². The lowest BCUT2D eigenvalue weighted by Gasteiger charge is -2.28. The van der Waals surface area contributed by atoms with E-state index < -0.39 is 30.6 Å². The number of carbonyl (C=O) groups is 1. The van der Waals surface area contributed by atoms with Crippen LogP contribution >= 0.6 is 0 Å². The molecule has 0 saturated heterocycles. The summed E-state index contributed by atoms with van der Waals surface area (Å²) in [5.74, 6) is -1.01. The Bertz CT molecular complexity index is 970. The number of carbonyl (C=O) groups excluding carboxylic acids is 1. The molecule has 1 aromatic carbocycles. The van der Waals surface area contributed by atoms with E-state index in [0.717, 1.165) is 19.9 Å². The molecule has 2 aromatic rings. The van der Waals surface area contributed by atoms with Gasteiger partial charge in [-0.3, -0.25) is 4.68 Å². The first-order valence-electron chi connectivity index (χ1n) is 10.2. The van der Waals surface area contributed by atoms with Crippen LogP contribution in [0.3, 0.4) is 0 Å². The minimum atomic E-state index is -4.49. The van der Waals surface area contributed by atoms with E-state index in [4.69, 9.17) is 9.47 Å². The number of rotatable bonds is 10. The molecule has 6 nitrogen and oxygen atoms in total. The van der Waals surface area contributed by atoms with Crippen LogP contribution in [0.4, 0.5) is 22.0 Å². The molecular formula is C22H27F5N2O4. The van der Waals surface area contributed by atoms with Crippen LogP contribution in [0.1, 0.15) is 42.4 Å². The third-order valence-electron chi connectivity index (χ3n) is 5.10. The van der Waals surface area contributed by atoms with E-state index in [1.54, 1.807) is 13.8 Å². The van der Waals surface area contributed by atoms with Gasteiger partial charge < -0.3 is 14.2 Å². The molecule has 0 aliphatic rings. The summed E-state index contributed by atoms with van der Waals surface area (Å²) >= 11 is 0. The molecule has 0 radical (unpaired) electrons. The second-order valence-corrected chi connectivity index (χ2v) is 8.03. The summed E-state index contributed by atoms with van der Waals surface area (Å²) in [7, 11) is 1.46. The van der Waals surface area contributed by atoms with Crippen LogP contribution in [0, 0.1) is 12.3 Å². The zero-order chi connectivity index (χ0) is 25.0. The molecule has 1 aromatic heterocycles. The molecule has 0 bridgehead atoms. The monoisotopic (exact) mass is 478 g/mol. The van der Waals surface area contributed by atoms with Gasteiger partial charge in [0.15, 0.2) is 5.69 Å². The molecular weight excluding hydrogens is 451 g/mol. The van der Waals surface area contributed by atoms with Crippen molar-refractivity contribution in [2.24, 2.45) is 5.41 Å². The zero-order valence-electron chi connectivity index (χ0n) is 19.1. The van der Waals surface area contributed by atoms with Crippen LogP contribution in [0.15, 0.2) is 18.2 Å². The summed E-state index contributed by atoms with van der Waals surface area (Å²) in [6.45, 7) is 2.56. The van der Waals surface area contributed by atoms with Gasteiger partial charge in [0.05, 0.1) is 30.9 Å². The third kappa shape index (κ3) is 6.21. The number of alkyl halides is 5. The Morgan fingerprint density at radius 3 is 2.42 bits per heavy atom. The van der Waals surface area contributed by atoms with Crippen molar-refractivity contribution in [1.29, 1.82) is 0 Å². The van der Waals surface area contributed by atoms with Gasteiger partial charge in [-0.1, -0.05) is 19.9 Å². The zero-order valence-corrected chi connectivity index (χ0v) is 19.1. The SMILES string of the molecule is CCOC(=O)c1nn(CCOC)c(-c2ccc(CC(C)(C)C(F)(F)F)cc2OC(F)F)c1C. The van der Waals surface area contributed by atoms with Crippen molar-refractivity contribution in [2.45, 2.75) is 53.4 Å². The molecule has 0 N–H and O–H groups in total. The van der Waals surface area contributed by atoms with Crippen molar-refractivity contribution in [1.82, 2.24) is 9.78 Å². The van der Waals surface area contributed by atoms with Gasteiger partial charge in [0, 0.05) is 18.2 Å². The smallest absolute Gasteiger partial charge is 0.394 e. The first-order valence-corrected chi connectivity index (χ1v) is 10.2. The Hall–Kier alpha value is -2.69. The molecule has 33 heavy (non-hydrogen) atoms. The fourth-order valence-electron chi connectivity index (χ4n) is 3.30. The minimum absolute atomic E-state index is 0.00627. The number of hydrogen-bond acceptors (Lipinski definition) is 5. The highest BCUT2D eigenvalue weighted by atomic mass is 19.4. The van der Waals surface area contributed by atoms with Crippen molar-refractivity contribution >= 4 is 5.97 Å². The molecule has 1 heterocycles. The van der Waals surface area contributed by atoms with E-state index in [0.29, 0.717) is 11.3 Å². The van der Waals surface area contributed by atoms with Gasteiger partial charge in [-0.05, 0) is 38.0 Å². The van der Waals surface area contributed by atoms with Gasteiger partial charge in [0.1, 0.15) is 5.75 Å². The topological polar surface area (TPSA) is 62.6 Å². The summed E-state index contributed by atoms with van der Waals surface area (Å²) < 4.78 is 82.5. The molecule has 0 fully saturated rings. The van der Waals surface area contributed by atoms with Crippen LogP contribution in [0.5, 0.6) is 5.75 Å². The highest BCUT2D eigenvalue weighted by molar-refractivity contribution is 5.91. The van der Waals surface area contributed by atoms with Crippen molar-refractivity contribution in [3.63, 3.8) is 0 Å². The highest BCUT2D eigenvalue weighted by Crippen LogP contribution is 2.42. The molecule has 0 aliphatic heterocycles. The van der Waals surface area contributed by atoms with Crippen LogP contribution < -0.4 is 4.74 Å². The number of methoxy groups -OCH3 is 1. The van der Waals surface area contributed by atoms with E-state index in [1.807, 2.05) is 0 Å². The average Bonchev–Trinajstić information content (AvgIpc) is 3.01. The number of aromatic nitrogens is 2. The van der Waals surface area contributed by atoms with Crippen molar-refractivity contribution in [3.05, 3.63) is 35.0 Å². The second-order valence-electron chi connectivity index (χ2n) is 8.03. The van der Waals surface area contributed by atoms with Crippen LogP contribution in [0.25, 0.3) is 11.3 Å². The summed E-state index contributed by atoms with van der Waals surface area (Å²) in [6.07, 6.45) is -4.92. The number of esters is 1. The Morgan fingerprint density at radius 1 is 1.21 bits per heavy atom. The quantitative estimate of drug-likeness (QED) is 0.337. The fraction of sp³-hybridized carbons (Fsp3) is 0.545. The molecule has 11 heteroatoms. The molecule has 0 atom stereocenters. The predicted molar refractivity (Wildman–Crippen MR) is 110 cm³/mol. The Labute approximate surface area is 188 Å². The van der Waals surface area contributed by atoms with Gasteiger partial charge in [-0.25, -0.2) is 4.79 Å². The minimum Gasteiger partial charge on any atom is -0.461 e. The van der Waals surface area contributed by atoms with Gasteiger partial charge in [0.25, 0.3) is 0 Å². The van der Waals surface area contributed by atoms with Gasteiger partial charge >= 0.3 is 18.8 Å². The van der Waals surface area contributed by atoms with Crippen molar-refractivity contribution < 1.29 is 41.0 Å². The maximum Gasteiger partial charge on any atom is 0.394 e. The highest BCUT2D eigenvalue weighted by Gasteiger charge is 2.47. The second kappa shape index (κ2) is 10.5. The van der Waals surface area contributed by atoms with Crippen molar-refractivity contribution in [2.75, 3.05) is 20.3 Å². The molecule has 0 amide bonds. The van der Waals surface area contributed by atoms with Crippen LogP contribution in [-0.4, -0.2) is 48.9 Å². The standard InChI is InChI=1S/C22H27F5N2O4/c1-6-32-19(30)17-13(2)18(29(28-17)9-10-31-5)15-8-7-14(11-16(15)33-20(23)24)12-21(3,4)22(25,26)27/h7-8,11,20H,6,9-10,12H2,1-5H3. The van der Waals surface area contributed by atoms with Gasteiger partial charge in [-0.15, -0.1) is 0 Å². The Kier molecular flexibility index (Phi) is 8.45. The number of halogens is 5. The van der Waals surface area contributed by atoms with Crippen LogP contribution in [-0.2, 0) is 22.4 Å². The predicted octanol–water partition coefficient (Wildman–Crippen LogP) is 5.41. The number of benzene rings is 1. The van der Waals surface area contributed by atoms with E-state index in [9.17, 15) is 26.7 Å². The van der Waals surface area contributed by atoms with Crippen molar-refractivity contribution in [3.8, 4) is 17.0 Å². The molecule has 184 valence electrons. The molecule has 2 rings (SSSR count). The number of hydrogen-bond donors (Lipinski definition) is 0. The fourth-order valence-corrected chi connectivity index (χ4v) is 3.30. The maximum absolute atomic E-state index is 13.3. The lowest BCUT2D eigenvalue weighted by Crippen LogP contribution is -2.34. The average molecular weight is 478 g/mol. The van der Waals surface area contributed by atoms with Crippen LogP contribution in [0.2, 0.25) is 0 Å².